The fourth-order valence-electron chi connectivity index (χ4n) is 5.56. The van der Waals surface area contributed by atoms with Crippen LogP contribution in [-0.2, 0) is 17.5 Å². The summed E-state index contributed by atoms with van der Waals surface area (Å²) >= 11 is 0. The topological polar surface area (TPSA) is 126 Å². The molecule has 0 saturated carbocycles. The number of nitrogens with zero attached hydrogens (tertiary/aromatic N) is 5. The van der Waals surface area contributed by atoms with Crippen LogP contribution < -0.4 is 20.7 Å². The summed E-state index contributed by atoms with van der Waals surface area (Å²) in [5.74, 6) is 0.681. The zero-order valence-corrected chi connectivity index (χ0v) is 26.2. The number of halogens is 3. The predicted molar refractivity (Wildman–Crippen MR) is 175 cm³/mol. The van der Waals surface area contributed by atoms with Crippen LogP contribution in [0.2, 0.25) is 0 Å². The Hall–Kier alpha value is -5.66. The van der Waals surface area contributed by atoms with E-state index in [0.717, 1.165) is 41.4 Å². The molecule has 1 unspecified atom stereocenters. The molecule has 2 aromatic carbocycles. The minimum atomic E-state index is -4.55. The SMILES string of the molecule is CCC(=O)N1CCC(Nc2nn(Cc3ccc(OC)cc3)c3nccc(Nc4ccc(C(=O)Nc5cc(C(F)(F)F)ccn5)cc4)c23)C1. The molecule has 1 aliphatic rings. The molecular weight excluding hydrogens is 625 g/mol. The van der Waals surface area contributed by atoms with Gasteiger partial charge in [-0.2, -0.15) is 18.3 Å². The summed E-state index contributed by atoms with van der Waals surface area (Å²) in [6.45, 7) is 3.55. The minimum Gasteiger partial charge on any atom is -0.497 e. The number of anilines is 4. The Labute approximate surface area is 274 Å². The molecular formula is C34H33F3N8O3. The van der Waals surface area contributed by atoms with Crippen LogP contribution >= 0.6 is 0 Å². The smallest absolute Gasteiger partial charge is 0.416 e. The van der Waals surface area contributed by atoms with E-state index in [2.05, 4.69) is 25.9 Å². The molecule has 0 aliphatic carbocycles. The summed E-state index contributed by atoms with van der Waals surface area (Å²) < 4.78 is 46.4. The average Bonchev–Trinajstić information content (AvgIpc) is 3.70. The maximum atomic E-state index is 13.1. The van der Waals surface area contributed by atoms with Crippen molar-refractivity contribution in [3.63, 3.8) is 0 Å². The third kappa shape index (κ3) is 7.17. The van der Waals surface area contributed by atoms with Crippen molar-refractivity contribution in [2.75, 3.05) is 36.1 Å². The third-order valence-corrected chi connectivity index (χ3v) is 8.06. The number of likely N-dealkylation sites (tertiary alicyclic amines) is 1. The number of methoxy groups -OCH3 is 1. The lowest BCUT2D eigenvalue weighted by Crippen LogP contribution is -2.31. The van der Waals surface area contributed by atoms with Gasteiger partial charge in [-0.15, -0.1) is 0 Å². The van der Waals surface area contributed by atoms with Gasteiger partial charge in [0.2, 0.25) is 5.91 Å². The Balaban J connectivity index is 1.25. The van der Waals surface area contributed by atoms with Gasteiger partial charge in [0, 0.05) is 49.2 Å². The number of alkyl halides is 3. The molecule has 1 aliphatic heterocycles. The van der Waals surface area contributed by atoms with E-state index in [0.29, 0.717) is 48.9 Å². The number of pyridine rings is 2. The van der Waals surface area contributed by atoms with E-state index in [1.807, 2.05) is 46.8 Å². The molecule has 11 nitrogen and oxygen atoms in total. The molecule has 1 fully saturated rings. The molecule has 6 rings (SSSR count). The minimum absolute atomic E-state index is 0.00482. The fraction of sp³-hybridized carbons (Fsp3) is 0.265. The quantitative estimate of drug-likeness (QED) is 0.159. The predicted octanol–water partition coefficient (Wildman–Crippen LogP) is 6.32. The summed E-state index contributed by atoms with van der Waals surface area (Å²) in [7, 11) is 1.62. The van der Waals surface area contributed by atoms with Gasteiger partial charge in [0.1, 0.15) is 11.6 Å². The third-order valence-electron chi connectivity index (χ3n) is 8.06. The molecule has 14 heteroatoms. The van der Waals surface area contributed by atoms with Gasteiger partial charge in [-0.05, 0) is 66.6 Å². The molecule has 3 N–H and O–H groups in total. The second-order valence-corrected chi connectivity index (χ2v) is 11.3. The van der Waals surface area contributed by atoms with Crippen LogP contribution in [0.25, 0.3) is 11.0 Å². The van der Waals surface area contributed by atoms with Crippen molar-refractivity contribution < 1.29 is 27.5 Å². The number of nitrogens with one attached hydrogen (secondary N) is 3. The lowest BCUT2D eigenvalue weighted by atomic mass is 10.1. The van der Waals surface area contributed by atoms with E-state index < -0.39 is 17.6 Å². The number of amides is 2. The highest BCUT2D eigenvalue weighted by Crippen LogP contribution is 2.33. The van der Waals surface area contributed by atoms with Crippen molar-refractivity contribution >= 4 is 45.9 Å². The van der Waals surface area contributed by atoms with Crippen molar-refractivity contribution in [3.8, 4) is 5.75 Å². The lowest BCUT2D eigenvalue weighted by molar-refractivity contribution is -0.137. The summed E-state index contributed by atoms with van der Waals surface area (Å²) in [5.41, 5.74) is 2.35. The highest BCUT2D eigenvalue weighted by molar-refractivity contribution is 6.04. The van der Waals surface area contributed by atoms with Gasteiger partial charge < -0.3 is 25.6 Å². The number of benzene rings is 2. The van der Waals surface area contributed by atoms with Gasteiger partial charge in [0.15, 0.2) is 11.5 Å². The first-order valence-corrected chi connectivity index (χ1v) is 15.4. The fourth-order valence-corrected chi connectivity index (χ4v) is 5.56. The van der Waals surface area contributed by atoms with Crippen LogP contribution in [0.3, 0.4) is 0 Å². The molecule has 4 heterocycles. The Morgan fingerprint density at radius 1 is 1.00 bits per heavy atom. The van der Waals surface area contributed by atoms with Crippen molar-refractivity contribution in [1.29, 1.82) is 0 Å². The zero-order valence-electron chi connectivity index (χ0n) is 26.2. The van der Waals surface area contributed by atoms with Crippen LogP contribution in [0.15, 0.2) is 79.1 Å². The molecule has 248 valence electrons. The van der Waals surface area contributed by atoms with Gasteiger partial charge in [0.25, 0.3) is 5.91 Å². The van der Waals surface area contributed by atoms with Gasteiger partial charge in [-0.1, -0.05) is 19.1 Å². The number of hydrogen-bond donors (Lipinski definition) is 3. The average molecular weight is 659 g/mol. The van der Waals surface area contributed by atoms with E-state index >= 15 is 0 Å². The number of carbonyl (C=O) groups is 2. The molecule has 0 bridgehead atoms. The molecule has 48 heavy (non-hydrogen) atoms. The molecule has 3 aromatic heterocycles. The normalized spacial score (nSPS) is 14.6. The first kappa shape index (κ1) is 32.3. The van der Waals surface area contributed by atoms with Crippen molar-refractivity contribution in [1.82, 2.24) is 24.6 Å². The first-order valence-electron chi connectivity index (χ1n) is 15.4. The number of ether oxygens (including phenoxy) is 1. The number of rotatable bonds is 10. The lowest BCUT2D eigenvalue weighted by Gasteiger charge is -2.16. The maximum absolute atomic E-state index is 13.1. The van der Waals surface area contributed by atoms with Gasteiger partial charge in [0.05, 0.1) is 30.3 Å². The Kier molecular flexibility index (Phi) is 9.15. The number of hydrogen-bond acceptors (Lipinski definition) is 8. The van der Waals surface area contributed by atoms with Crippen LogP contribution in [0.4, 0.5) is 36.2 Å². The highest BCUT2D eigenvalue weighted by atomic mass is 19.4. The zero-order chi connectivity index (χ0) is 33.8. The number of carbonyl (C=O) groups excluding carboxylic acids is 2. The summed E-state index contributed by atoms with van der Waals surface area (Å²) in [6, 6.07) is 17.7. The maximum Gasteiger partial charge on any atom is 0.416 e. The van der Waals surface area contributed by atoms with E-state index in [4.69, 9.17) is 9.84 Å². The van der Waals surface area contributed by atoms with E-state index in [-0.39, 0.29) is 23.3 Å². The first-order chi connectivity index (χ1) is 23.1. The molecule has 1 saturated heterocycles. The largest absolute Gasteiger partial charge is 0.497 e. The van der Waals surface area contributed by atoms with Crippen molar-refractivity contribution in [2.45, 2.75) is 38.5 Å². The van der Waals surface area contributed by atoms with Crippen molar-refractivity contribution in [3.05, 3.63) is 95.8 Å². The van der Waals surface area contributed by atoms with E-state index in [1.54, 1.807) is 37.6 Å². The van der Waals surface area contributed by atoms with Gasteiger partial charge in [-0.25, -0.2) is 14.6 Å². The van der Waals surface area contributed by atoms with Crippen LogP contribution in [-0.4, -0.2) is 62.7 Å². The second-order valence-electron chi connectivity index (χ2n) is 11.3. The van der Waals surface area contributed by atoms with Gasteiger partial charge >= 0.3 is 6.18 Å². The molecule has 5 aromatic rings. The van der Waals surface area contributed by atoms with Crippen molar-refractivity contribution in [2.24, 2.45) is 0 Å². The molecule has 2 amide bonds. The molecule has 1 atom stereocenters. The number of aromatic nitrogens is 4. The molecule has 0 radical (unpaired) electrons. The Morgan fingerprint density at radius 3 is 2.46 bits per heavy atom. The van der Waals surface area contributed by atoms with Crippen LogP contribution in [0, 0.1) is 0 Å². The summed E-state index contributed by atoms with van der Waals surface area (Å²) in [5, 5.41) is 15.0. The van der Waals surface area contributed by atoms with E-state index in [1.165, 1.54) is 0 Å². The van der Waals surface area contributed by atoms with E-state index in [9.17, 15) is 22.8 Å². The standard InChI is InChI=1S/C34H33F3N8O3/c1-3-29(46)44-17-14-25(20-44)41-31-30-27(13-16-39-32(30)45(43-31)19-21-4-10-26(48-2)11-5-21)40-24-8-6-22(7-9-24)33(47)42-28-18-23(12-15-38-28)34(35,36)37/h4-13,15-16,18,25H,3,14,17,19-20H2,1-2H3,(H,39,40)(H,41,43)(H,38,42,47). The summed E-state index contributed by atoms with van der Waals surface area (Å²) in [4.78, 5) is 35.5. The highest BCUT2D eigenvalue weighted by Gasteiger charge is 2.31. The number of fused-ring (bicyclic) bond motifs is 1. The monoisotopic (exact) mass is 658 g/mol. The van der Waals surface area contributed by atoms with Crippen LogP contribution in [0.5, 0.6) is 5.75 Å². The van der Waals surface area contributed by atoms with Crippen LogP contribution in [0.1, 0.15) is 41.3 Å². The second kappa shape index (κ2) is 13.6. The summed E-state index contributed by atoms with van der Waals surface area (Å²) in [6.07, 6.45) is -0.645. The molecule has 0 spiro atoms. The van der Waals surface area contributed by atoms with Gasteiger partial charge in [-0.3, -0.25) is 9.59 Å². The Morgan fingerprint density at radius 2 is 1.75 bits per heavy atom. The Bertz CT molecular complexity index is 1930.